The lowest BCUT2D eigenvalue weighted by Crippen LogP contribution is -2.38. The van der Waals surface area contributed by atoms with E-state index in [2.05, 4.69) is 0 Å². The van der Waals surface area contributed by atoms with E-state index in [-0.39, 0.29) is 18.0 Å². The van der Waals surface area contributed by atoms with Crippen LogP contribution in [0, 0.1) is 5.92 Å². The molecular formula is C18H25NO4. The molecule has 1 aliphatic heterocycles. The van der Waals surface area contributed by atoms with Crippen LogP contribution < -0.4 is 0 Å². The van der Waals surface area contributed by atoms with Gasteiger partial charge in [-0.15, -0.1) is 0 Å². The van der Waals surface area contributed by atoms with E-state index in [1.165, 1.54) is 0 Å². The van der Waals surface area contributed by atoms with E-state index in [1.807, 2.05) is 44.2 Å². The minimum Gasteiger partial charge on any atom is -0.466 e. The summed E-state index contributed by atoms with van der Waals surface area (Å²) in [6.07, 6.45) is 0.916. The Morgan fingerprint density at radius 3 is 2.61 bits per heavy atom. The van der Waals surface area contributed by atoms with Crippen molar-refractivity contribution < 1.29 is 19.1 Å². The summed E-state index contributed by atoms with van der Waals surface area (Å²) in [5.41, 5.74) is 0.525. The summed E-state index contributed by atoms with van der Waals surface area (Å²) in [6.45, 7) is 6.85. The van der Waals surface area contributed by atoms with Crippen LogP contribution in [0.25, 0.3) is 0 Å². The summed E-state index contributed by atoms with van der Waals surface area (Å²) in [7, 11) is 0. The van der Waals surface area contributed by atoms with E-state index in [4.69, 9.17) is 9.47 Å². The fourth-order valence-electron chi connectivity index (χ4n) is 2.80. The van der Waals surface area contributed by atoms with Gasteiger partial charge >= 0.3 is 12.1 Å². The summed E-state index contributed by atoms with van der Waals surface area (Å²) in [6, 6.07) is 9.93. The first-order valence-corrected chi connectivity index (χ1v) is 8.10. The Morgan fingerprint density at radius 1 is 1.26 bits per heavy atom. The Balaban J connectivity index is 1.87. The van der Waals surface area contributed by atoms with Crippen LogP contribution in [-0.4, -0.2) is 42.3 Å². The highest BCUT2D eigenvalue weighted by Crippen LogP contribution is 2.22. The number of benzene rings is 1. The molecule has 0 N–H and O–H groups in total. The van der Waals surface area contributed by atoms with E-state index < -0.39 is 5.60 Å². The lowest BCUT2D eigenvalue weighted by molar-refractivity contribution is -0.147. The van der Waals surface area contributed by atoms with Gasteiger partial charge in [-0.3, -0.25) is 4.79 Å². The van der Waals surface area contributed by atoms with Crippen molar-refractivity contribution in [2.24, 2.45) is 5.92 Å². The van der Waals surface area contributed by atoms with E-state index in [0.29, 0.717) is 32.5 Å². The van der Waals surface area contributed by atoms with Crippen LogP contribution >= 0.6 is 0 Å². The van der Waals surface area contributed by atoms with Crippen molar-refractivity contribution in [3.8, 4) is 0 Å². The van der Waals surface area contributed by atoms with Crippen LogP contribution in [0.3, 0.4) is 0 Å². The smallest absolute Gasteiger partial charge is 0.410 e. The van der Waals surface area contributed by atoms with E-state index in [9.17, 15) is 9.59 Å². The average Bonchev–Trinajstić information content (AvgIpc) is 2.97. The van der Waals surface area contributed by atoms with Crippen molar-refractivity contribution >= 4 is 12.1 Å². The molecule has 1 aromatic carbocycles. The lowest BCUT2D eigenvalue weighted by Gasteiger charge is -2.28. The van der Waals surface area contributed by atoms with Crippen LogP contribution in [0.1, 0.15) is 32.8 Å². The zero-order valence-corrected chi connectivity index (χ0v) is 14.1. The zero-order chi connectivity index (χ0) is 16.9. The largest absolute Gasteiger partial charge is 0.466 e. The third-order valence-electron chi connectivity index (χ3n) is 3.90. The fourth-order valence-corrected chi connectivity index (χ4v) is 2.80. The molecule has 126 valence electrons. The summed E-state index contributed by atoms with van der Waals surface area (Å²) in [4.78, 5) is 25.7. The molecule has 0 radical (unpaired) electrons. The molecule has 1 unspecified atom stereocenters. The average molecular weight is 319 g/mol. The topological polar surface area (TPSA) is 55.8 Å². The number of likely N-dealkylation sites (tertiary alicyclic amines) is 1. The van der Waals surface area contributed by atoms with Gasteiger partial charge < -0.3 is 14.4 Å². The van der Waals surface area contributed by atoms with E-state index >= 15 is 0 Å². The van der Waals surface area contributed by atoms with Crippen LogP contribution in [0.5, 0.6) is 0 Å². The highest BCUT2D eigenvalue weighted by atomic mass is 16.6. The summed E-state index contributed by atoms with van der Waals surface area (Å²) < 4.78 is 10.7. The zero-order valence-electron chi connectivity index (χ0n) is 14.1. The molecule has 0 bridgehead atoms. The Kier molecular flexibility index (Phi) is 5.64. The molecule has 1 aromatic rings. The molecule has 23 heavy (non-hydrogen) atoms. The Morgan fingerprint density at radius 2 is 1.96 bits per heavy atom. The molecule has 1 heterocycles. The highest BCUT2D eigenvalue weighted by molar-refractivity contribution is 5.75. The summed E-state index contributed by atoms with van der Waals surface area (Å²) in [5.74, 6) is -0.467. The molecule has 1 atom stereocenters. The SMILES string of the molecule is CCOC(=O)C1CCN(C(=O)OC(C)(C)Cc2ccccc2)C1. The normalized spacial score (nSPS) is 17.9. The van der Waals surface area contributed by atoms with Crippen molar-refractivity contribution in [2.45, 2.75) is 39.2 Å². The van der Waals surface area contributed by atoms with Crippen molar-refractivity contribution in [1.82, 2.24) is 4.90 Å². The molecule has 5 nitrogen and oxygen atoms in total. The second kappa shape index (κ2) is 7.49. The van der Waals surface area contributed by atoms with Crippen LogP contribution in [-0.2, 0) is 20.7 Å². The minimum atomic E-state index is -0.597. The van der Waals surface area contributed by atoms with Gasteiger partial charge in [-0.1, -0.05) is 30.3 Å². The monoisotopic (exact) mass is 319 g/mol. The summed E-state index contributed by atoms with van der Waals surface area (Å²) in [5, 5.41) is 0. The molecule has 2 rings (SSSR count). The number of nitrogens with zero attached hydrogens (tertiary/aromatic N) is 1. The molecule has 0 saturated carbocycles. The fraction of sp³-hybridized carbons (Fsp3) is 0.556. The minimum absolute atomic E-state index is 0.230. The van der Waals surface area contributed by atoms with Gasteiger partial charge in [0.25, 0.3) is 0 Å². The van der Waals surface area contributed by atoms with Crippen molar-refractivity contribution in [1.29, 1.82) is 0 Å². The highest BCUT2D eigenvalue weighted by Gasteiger charge is 2.35. The second-order valence-electron chi connectivity index (χ2n) is 6.47. The molecule has 0 aromatic heterocycles. The second-order valence-corrected chi connectivity index (χ2v) is 6.47. The van der Waals surface area contributed by atoms with Crippen LogP contribution in [0.4, 0.5) is 4.79 Å². The lowest BCUT2D eigenvalue weighted by atomic mass is 9.98. The molecule has 1 saturated heterocycles. The van der Waals surface area contributed by atoms with Gasteiger partial charge in [0.05, 0.1) is 12.5 Å². The van der Waals surface area contributed by atoms with Gasteiger partial charge in [0, 0.05) is 19.5 Å². The number of ether oxygens (including phenoxy) is 2. The Labute approximate surface area is 137 Å². The van der Waals surface area contributed by atoms with Crippen LogP contribution in [0.2, 0.25) is 0 Å². The van der Waals surface area contributed by atoms with E-state index in [1.54, 1.807) is 11.8 Å². The first-order valence-electron chi connectivity index (χ1n) is 8.10. The van der Waals surface area contributed by atoms with Gasteiger partial charge in [0.2, 0.25) is 0 Å². The van der Waals surface area contributed by atoms with Crippen molar-refractivity contribution in [3.05, 3.63) is 35.9 Å². The number of rotatable bonds is 5. The van der Waals surface area contributed by atoms with Crippen LogP contribution in [0.15, 0.2) is 30.3 Å². The quantitative estimate of drug-likeness (QED) is 0.783. The van der Waals surface area contributed by atoms with Crippen molar-refractivity contribution in [3.63, 3.8) is 0 Å². The number of carbonyl (C=O) groups excluding carboxylic acids is 2. The number of amides is 1. The Bertz CT molecular complexity index is 541. The maximum Gasteiger partial charge on any atom is 0.410 e. The van der Waals surface area contributed by atoms with Gasteiger partial charge in [0.15, 0.2) is 0 Å². The molecule has 5 heteroatoms. The predicted octanol–water partition coefficient (Wildman–Crippen LogP) is 3.03. The molecule has 1 fully saturated rings. The molecule has 0 aliphatic carbocycles. The third kappa shape index (κ3) is 4.98. The maximum absolute atomic E-state index is 12.3. The maximum atomic E-state index is 12.3. The Hall–Kier alpha value is -2.04. The standard InChI is InChI=1S/C18H25NO4/c1-4-22-16(20)15-10-11-19(13-15)17(21)23-18(2,3)12-14-8-6-5-7-9-14/h5-9,15H,4,10-13H2,1-3H3. The van der Waals surface area contributed by atoms with Gasteiger partial charge in [-0.25, -0.2) is 4.79 Å². The molecular weight excluding hydrogens is 294 g/mol. The number of carbonyl (C=O) groups is 2. The number of hydrogen-bond donors (Lipinski definition) is 0. The molecule has 1 amide bonds. The van der Waals surface area contributed by atoms with Gasteiger partial charge in [0.1, 0.15) is 5.60 Å². The van der Waals surface area contributed by atoms with E-state index in [0.717, 1.165) is 5.56 Å². The van der Waals surface area contributed by atoms with Gasteiger partial charge in [-0.2, -0.15) is 0 Å². The first kappa shape index (κ1) is 17.3. The van der Waals surface area contributed by atoms with Gasteiger partial charge in [-0.05, 0) is 32.8 Å². The van der Waals surface area contributed by atoms with Crippen molar-refractivity contribution in [2.75, 3.05) is 19.7 Å². The number of hydrogen-bond acceptors (Lipinski definition) is 4. The first-order chi connectivity index (χ1) is 10.9. The third-order valence-corrected chi connectivity index (χ3v) is 3.90. The molecule has 1 aliphatic rings. The predicted molar refractivity (Wildman–Crippen MR) is 87.0 cm³/mol. The number of esters is 1. The molecule has 0 spiro atoms. The summed E-state index contributed by atoms with van der Waals surface area (Å²) >= 11 is 0.